The molecule has 0 spiro atoms. The second-order valence-corrected chi connectivity index (χ2v) is 8.14. The summed E-state index contributed by atoms with van der Waals surface area (Å²) in [5, 5.41) is 14.4. The second-order valence-electron chi connectivity index (χ2n) is 8.14. The van der Waals surface area contributed by atoms with Gasteiger partial charge in [-0.05, 0) is 56.9 Å². The highest BCUT2D eigenvalue weighted by Gasteiger charge is 2.27. The summed E-state index contributed by atoms with van der Waals surface area (Å²) < 4.78 is 0. The van der Waals surface area contributed by atoms with E-state index in [2.05, 4.69) is 5.32 Å². The third-order valence-corrected chi connectivity index (χ3v) is 5.56. The van der Waals surface area contributed by atoms with Crippen LogP contribution >= 0.6 is 0 Å². The number of likely N-dealkylation sites (tertiary alicyclic amines) is 1. The smallest absolute Gasteiger partial charge is 0.282 e. The largest absolute Gasteiger partial charge is 0.365 e. The highest BCUT2D eigenvalue weighted by Crippen LogP contribution is 2.27. The summed E-state index contributed by atoms with van der Waals surface area (Å²) in [5.74, 6) is -0.543. The minimum absolute atomic E-state index is 0.0436. The van der Waals surface area contributed by atoms with E-state index in [1.807, 2.05) is 32.9 Å². The van der Waals surface area contributed by atoms with Gasteiger partial charge in [0, 0.05) is 37.6 Å². The van der Waals surface area contributed by atoms with Crippen molar-refractivity contribution in [3.05, 3.63) is 62.7 Å². The minimum atomic E-state index is -0.539. The molecule has 0 radical (unpaired) electrons. The highest BCUT2D eigenvalue weighted by atomic mass is 16.6. The summed E-state index contributed by atoms with van der Waals surface area (Å²) in [7, 11) is 1.72. The summed E-state index contributed by atoms with van der Waals surface area (Å²) in [6, 6.07) is 8.43. The molecule has 164 valence electrons. The van der Waals surface area contributed by atoms with E-state index in [1.165, 1.54) is 12.1 Å². The molecule has 1 fully saturated rings. The molecule has 1 heterocycles. The predicted octanol–water partition coefficient (Wildman–Crippen LogP) is 3.83. The molecule has 2 amide bonds. The maximum absolute atomic E-state index is 12.8. The van der Waals surface area contributed by atoms with Crippen LogP contribution in [0.4, 0.5) is 17.1 Å². The van der Waals surface area contributed by atoms with Crippen LogP contribution in [0, 0.1) is 30.9 Å². The maximum atomic E-state index is 12.8. The molecule has 1 saturated heterocycles. The van der Waals surface area contributed by atoms with Crippen molar-refractivity contribution in [3.63, 3.8) is 0 Å². The molecule has 0 atom stereocenters. The molecule has 2 aromatic carbocycles. The summed E-state index contributed by atoms with van der Waals surface area (Å²) in [6.07, 6.45) is 1.80. The van der Waals surface area contributed by atoms with Crippen LogP contribution in [0.15, 0.2) is 30.3 Å². The quantitative estimate of drug-likeness (QED) is 0.562. The Balaban J connectivity index is 1.79. The Bertz CT molecular complexity index is 1010. The molecule has 8 heteroatoms. The molecule has 0 bridgehead atoms. The Morgan fingerprint density at radius 3 is 2.29 bits per heavy atom. The van der Waals surface area contributed by atoms with E-state index in [0.717, 1.165) is 35.2 Å². The number of nitro benzene ring substituents is 1. The number of nitrogens with zero attached hydrogens (tertiary/aromatic N) is 3. The Morgan fingerprint density at radius 2 is 1.71 bits per heavy atom. The van der Waals surface area contributed by atoms with Crippen LogP contribution in [0.1, 0.15) is 39.9 Å². The van der Waals surface area contributed by atoms with E-state index in [0.29, 0.717) is 18.8 Å². The molecular weight excluding hydrogens is 396 g/mol. The van der Waals surface area contributed by atoms with E-state index in [-0.39, 0.29) is 29.6 Å². The van der Waals surface area contributed by atoms with Crippen LogP contribution < -0.4 is 10.2 Å². The van der Waals surface area contributed by atoms with Crippen molar-refractivity contribution in [2.75, 3.05) is 36.9 Å². The van der Waals surface area contributed by atoms with Crippen molar-refractivity contribution in [1.29, 1.82) is 0 Å². The lowest BCUT2D eigenvalue weighted by molar-refractivity contribution is -0.385. The van der Waals surface area contributed by atoms with Crippen LogP contribution in [0.2, 0.25) is 0 Å². The fourth-order valence-corrected chi connectivity index (χ4v) is 4.05. The number of anilines is 2. The molecule has 31 heavy (non-hydrogen) atoms. The Labute approximate surface area is 182 Å². The second kappa shape index (κ2) is 9.16. The standard InChI is InChI=1S/C23H28N4O4/c1-15-11-16(2)22(17(3)12-15)24-21(28)14-25(4)18-7-8-20(27(30)31)19(13-18)23(29)26-9-5-6-10-26/h7-8,11-13H,5-6,9-10,14H2,1-4H3,(H,24,28). The van der Waals surface area contributed by atoms with Crippen LogP contribution in [-0.2, 0) is 4.79 Å². The van der Waals surface area contributed by atoms with Gasteiger partial charge >= 0.3 is 0 Å². The van der Waals surface area contributed by atoms with E-state index in [4.69, 9.17) is 0 Å². The fraction of sp³-hybridized carbons (Fsp3) is 0.391. The highest BCUT2D eigenvalue weighted by molar-refractivity contribution is 6.00. The van der Waals surface area contributed by atoms with Crippen molar-refractivity contribution in [3.8, 4) is 0 Å². The van der Waals surface area contributed by atoms with Crippen LogP contribution in [0.25, 0.3) is 0 Å². The number of amides is 2. The zero-order valence-corrected chi connectivity index (χ0v) is 18.4. The lowest BCUT2D eigenvalue weighted by Gasteiger charge is -2.21. The van der Waals surface area contributed by atoms with Gasteiger partial charge in [0.15, 0.2) is 0 Å². The van der Waals surface area contributed by atoms with Crippen molar-refractivity contribution in [2.24, 2.45) is 0 Å². The maximum Gasteiger partial charge on any atom is 0.282 e. The van der Waals surface area contributed by atoms with Crippen LogP contribution in [-0.4, -0.2) is 48.3 Å². The van der Waals surface area contributed by atoms with Gasteiger partial charge in [-0.2, -0.15) is 0 Å². The van der Waals surface area contributed by atoms with Gasteiger partial charge in [-0.15, -0.1) is 0 Å². The Kier molecular flexibility index (Phi) is 6.58. The number of nitrogens with one attached hydrogen (secondary N) is 1. The topological polar surface area (TPSA) is 95.8 Å². The van der Waals surface area contributed by atoms with Gasteiger partial charge in [0.05, 0.1) is 11.5 Å². The molecule has 2 aromatic rings. The number of benzene rings is 2. The molecule has 1 aliphatic rings. The summed E-state index contributed by atoms with van der Waals surface area (Å²) in [6.45, 7) is 7.16. The first kappa shape index (κ1) is 22.3. The number of hydrogen-bond acceptors (Lipinski definition) is 5. The number of carbonyl (C=O) groups excluding carboxylic acids is 2. The van der Waals surface area contributed by atoms with Crippen LogP contribution in [0.3, 0.4) is 0 Å². The number of likely N-dealkylation sites (N-methyl/N-ethyl adjacent to an activating group) is 1. The molecule has 0 saturated carbocycles. The van der Waals surface area contributed by atoms with Crippen molar-refractivity contribution in [2.45, 2.75) is 33.6 Å². The van der Waals surface area contributed by atoms with E-state index in [1.54, 1.807) is 22.9 Å². The van der Waals surface area contributed by atoms with Gasteiger partial charge in [-0.25, -0.2) is 0 Å². The van der Waals surface area contributed by atoms with E-state index < -0.39 is 4.92 Å². The summed E-state index contributed by atoms with van der Waals surface area (Å²) in [5.41, 5.74) is 4.31. The molecular formula is C23H28N4O4. The molecule has 1 N–H and O–H groups in total. The minimum Gasteiger partial charge on any atom is -0.365 e. The molecule has 0 aromatic heterocycles. The average Bonchev–Trinajstić information content (AvgIpc) is 3.24. The van der Waals surface area contributed by atoms with Gasteiger partial charge in [0.25, 0.3) is 11.6 Å². The first-order valence-corrected chi connectivity index (χ1v) is 10.3. The monoisotopic (exact) mass is 424 g/mol. The molecule has 8 nitrogen and oxygen atoms in total. The van der Waals surface area contributed by atoms with E-state index >= 15 is 0 Å². The van der Waals surface area contributed by atoms with Crippen LogP contribution in [0.5, 0.6) is 0 Å². The zero-order valence-electron chi connectivity index (χ0n) is 18.4. The van der Waals surface area contributed by atoms with E-state index in [9.17, 15) is 19.7 Å². The predicted molar refractivity (Wildman–Crippen MR) is 121 cm³/mol. The SMILES string of the molecule is Cc1cc(C)c(NC(=O)CN(C)c2ccc([N+](=O)[O-])c(C(=O)N3CCCC3)c2)c(C)c1. The number of nitro groups is 1. The number of carbonyl (C=O) groups is 2. The third-order valence-electron chi connectivity index (χ3n) is 5.56. The number of rotatable bonds is 6. The Morgan fingerprint density at radius 1 is 1.10 bits per heavy atom. The molecule has 1 aliphatic heterocycles. The third kappa shape index (κ3) is 5.02. The summed E-state index contributed by atoms with van der Waals surface area (Å²) >= 11 is 0. The van der Waals surface area contributed by atoms with Gasteiger partial charge in [0.2, 0.25) is 5.91 Å². The van der Waals surface area contributed by atoms with Gasteiger partial charge in [0.1, 0.15) is 5.56 Å². The van der Waals surface area contributed by atoms with Crippen molar-refractivity contribution < 1.29 is 14.5 Å². The fourth-order valence-electron chi connectivity index (χ4n) is 4.05. The lowest BCUT2D eigenvalue weighted by Crippen LogP contribution is -2.31. The molecule has 0 unspecified atom stereocenters. The Hall–Kier alpha value is -3.42. The van der Waals surface area contributed by atoms with Gasteiger partial charge < -0.3 is 15.1 Å². The molecule has 0 aliphatic carbocycles. The number of aryl methyl sites for hydroxylation is 3. The normalized spacial score (nSPS) is 13.2. The van der Waals surface area contributed by atoms with Gasteiger partial charge in [-0.3, -0.25) is 19.7 Å². The molecule has 3 rings (SSSR count). The first-order valence-electron chi connectivity index (χ1n) is 10.3. The summed E-state index contributed by atoms with van der Waals surface area (Å²) in [4.78, 5) is 39.7. The average molecular weight is 425 g/mol. The first-order chi connectivity index (χ1) is 14.7. The lowest BCUT2D eigenvalue weighted by atomic mass is 10.1. The van der Waals surface area contributed by atoms with Crippen molar-refractivity contribution >= 4 is 28.9 Å². The van der Waals surface area contributed by atoms with Gasteiger partial charge in [-0.1, -0.05) is 17.7 Å². The van der Waals surface area contributed by atoms with Crippen molar-refractivity contribution in [1.82, 2.24) is 4.90 Å². The number of hydrogen-bond donors (Lipinski definition) is 1. The zero-order chi connectivity index (χ0) is 22.7.